The summed E-state index contributed by atoms with van der Waals surface area (Å²) in [4.78, 5) is 35.6. The first-order chi connectivity index (χ1) is 16.2. The van der Waals surface area contributed by atoms with Crippen molar-refractivity contribution in [3.63, 3.8) is 0 Å². The zero-order valence-electron chi connectivity index (χ0n) is 22.3. The van der Waals surface area contributed by atoms with E-state index in [1.807, 2.05) is 27.7 Å². The maximum absolute atomic E-state index is 12.4. The molecule has 3 rings (SSSR count). The second kappa shape index (κ2) is 10.3. The number of carbonyl (C=O) groups excluding carboxylic acids is 2. The van der Waals surface area contributed by atoms with Gasteiger partial charge >= 0.3 is 13.2 Å². The molecule has 2 aliphatic rings. The monoisotopic (exact) mass is 489 g/mol. The highest BCUT2D eigenvalue weighted by Gasteiger charge is 2.52. The number of ether oxygens (including phenoxy) is 1. The first-order valence-electron chi connectivity index (χ1n) is 12.4. The molecular weight excluding hydrogens is 449 g/mol. The van der Waals surface area contributed by atoms with Crippen LogP contribution in [0.1, 0.15) is 68.2 Å². The average molecular weight is 489 g/mol. The zero-order valence-corrected chi connectivity index (χ0v) is 22.3. The molecule has 2 atom stereocenters. The predicted octanol–water partition coefficient (Wildman–Crippen LogP) is 2.02. The Hall–Kier alpha value is -2.40. The molecule has 2 N–H and O–H groups in total. The molecule has 2 aliphatic heterocycles. The number of piperidine rings is 1. The Kier molecular flexibility index (Phi) is 8.01. The van der Waals surface area contributed by atoms with Crippen molar-refractivity contribution in [2.75, 3.05) is 24.5 Å². The van der Waals surface area contributed by atoms with Crippen molar-refractivity contribution in [3.05, 3.63) is 12.4 Å². The summed E-state index contributed by atoms with van der Waals surface area (Å²) in [6.45, 7) is 17.2. The van der Waals surface area contributed by atoms with Crippen LogP contribution < -0.4 is 21.0 Å². The van der Waals surface area contributed by atoms with E-state index in [-0.39, 0.29) is 11.8 Å². The number of nitrogens with one attached hydrogen (secondary N) is 2. The molecule has 2 amide bonds. The number of anilines is 1. The summed E-state index contributed by atoms with van der Waals surface area (Å²) in [6, 6.07) is -0.685. The molecule has 35 heavy (non-hydrogen) atoms. The van der Waals surface area contributed by atoms with Crippen molar-refractivity contribution < 1.29 is 23.6 Å². The van der Waals surface area contributed by atoms with Gasteiger partial charge < -0.3 is 29.6 Å². The molecule has 0 saturated carbocycles. The van der Waals surface area contributed by atoms with Crippen LogP contribution in [0.4, 0.5) is 10.7 Å². The maximum atomic E-state index is 12.4. The van der Waals surface area contributed by atoms with Crippen LogP contribution in [-0.4, -0.2) is 71.6 Å². The van der Waals surface area contributed by atoms with E-state index in [0.717, 1.165) is 31.4 Å². The number of amides is 2. The Balaban J connectivity index is 1.49. The van der Waals surface area contributed by atoms with Crippen molar-refractivity contribution in [2.24, 2.45) is 5.92 Å². The highest BCUT2D eigenvalue weighted by atomic mass is 16.7. The van der Waals surface area contributed by atoms with Crippen LogP contribution in [0.2, 0.25) is 0 Å². The Morgan fingerprint density at radius 1 is 1.20 bits per heavy atom. The molecular formula is C24H40BN5O5. The van der Waals surface area contributed by atoms with Gasteiger partial charge in [-0.1, -0.05) is 0 Å². The minimum Gasteiger partial charge on any atom is -0.444 e. The van der Waals surface area contributed by atoms with Crippen LogP contribution in [0, 0.1) is 5.92 Å². The lowest BCUT2D eigenvalue weighted by atomic mass is 9.81. The highest BCUT2D eigenvalue weighted by molar-refractivity contribution is 6.61. The third kappa shape index (κ3) is 7.07. The normalized spacial score (nSPS) is 22.5. The van der Waals surface area contributed by atoms with E-state index in [0.29, 0.717) is 12.5 Å². The van der Waals surface area contributed by atoms with E-state index >= 15 is 0 Å². The van der Waals surface area contributed by atoms with Crippen LogP contribution in [-0.2, 0) is 18.8 Å². The van der Waals surface area contributed by atoms with E-state index in [1.54, 1.807) is 40.1 Å². The van der Waals surface area contributed by atoms with E-state index in [1.165, 1.54) is 0 Å². The number of nitrogens with zero attached hydrogens (tertiary/aromatic N) is 3. The van der Waals surface area contributed by atoms with Crippen molar-refractivity contribution >= 4 is 30.5 Å². The molecule has 2 fully saturated rings. The first kappa shape index (κ1) is 27.2. The molecule has 0 bridgehead atoms. The highest BCUT2D eigenvalue weighted by Crippen LogP contribution is 2.36. The molecule has 10 nitrogen and oxygen atoms in total. The standard InChI is InChI=1S/C24H40BN5O5/c1-16(29-21(32)33-22(2,3)4)19(31)26-12-17-10-9-11-30(15-17)20-27-13-18(14-28-20)25-34-23(5,6)24(7,8)35-25/h13-14,16-17H,9-12,15H2,1-8H3,(H,26,31)(H,29,32)/t16-,17-/m1/s1. The molecule has 3 heterocycles. The molecule has 0 radical (unpaired) electrons. The van der Waals surface area contributed by atoms with Crippen LogP contribution in [0.25, 0.3) is 0 Å². The lowest BCUT2D eigenvalue weighted by Crippen LogP contribution is -2.49. The third-order valence-corrected chi connectivity index (χ3v) is 6.68. The van der Waals surface area contributed by atoms with Gasteiger partial charge in [-0.05, 0) is 74.1 Å². The fourth-order valence-electron chi connectivity index (χ4n) is 3.96. The third-order valence-electron chi connectivity index (χ3n) is 6.68. The predicted molar refractivity (Wildman–Crippen MR) is 135 cm³/mol. The quantitative estimate of drug-likeness (QED) is 0.584. The topological polar surface area (TPSA) is 115 Å². The summed E-state index contributed by atoms with van der Waals surface area (Å²) >= 11 is 0. The van der Waals surface area contributed by atoms with Gasteiger partial charge in [0.15, 0.2) is 0 Å². The van der Waals surface area contributed by atoms with Gasteiger partial charge in [0.1, 0.15) is 11.6 Å². The summed E-state index contributed by atoms with van der Waals surface area (Å²) in [5.74, 6) is 0.671. The Morgan fingerprint density at radius 2 is 1.80 bits per heavy atom. The lowest BCUT2D eigenvalue weighted by molar-refractivity contribution is -0.123. The van der Waals surface area contributed by atoms with Crippen LogP contribution in [0.3, 0.4) is 0 Å². The van der Waals surface area contributed by atoms with Crippen LogP contribution in [0.15, 0.2) is 12.4 Å². The Bertz CT molecular complexity index is 887. The SMILES string of the molecule is C[C@@H](NC(=O)OC(C)(C)C)C(=O)NC[C@H]1CCCN(c2ncc(B3OC(C)(C)C(C)(C)O3)cn2)C1. The van der Waals surface area contributed by atoms with Crippen LogP contribution in [0.5, 0.6) is 0 Å². The van der Waals surface area contributed by atoms with E-state index in [2.05, 4.69) is 25.5 Å². The molecule has 1 aromatic rings. The zero-order chi connectivity index (χ0) is 26.0. The molecule has 0 aromatic carbocycles. The molecule has 0 spiro atoms. The van der Waals surface area contributed by atoms with E-state index < -0.39 is 36.1 Å². The Labute approximate surface area is 209 Å². The largest absolute Gasteiger partial charge is 0.498 e. The summed E-state index contributed by atoms with van der Waals surface area (Å²) in [5, 5.41) is 5.52. The number of aromatic nitrogens is 2. The van der Waals surface area contributed by atoms with Gasteiger partial charge in [0, 0.05) is 37.5 Å². The van der Waals surface area contributed by atoms with Gasteiger partial charge in [-0.25, -0.2) is 14.8 Å². The van der Waals surface area contributed by atoms with E-state index in [4.69, 9.17) is 14.0 Å². The average Bonchev–Trinajstić information content (AvgIpc) is 2.98. The molecule has 0 unspecified atom stereocenters. The molecule has 2 saturated heterocycles. The second-order valence-electron chi connectivity index (χ2n) is 11.5. The van der Waals surface area contributed by atoms with Crippen molar-refractivity contribution in [3.8, 4) is 0 Å². The van der Waals surface area contributed by atoms with Crippen molar-refractivity contribution in [2.45, 2.75) is 91.1 Å². The van der Waals surface area contributed by atoms with E-state index in [9.17, 15) is 9.59 Å². The Morgan fingerprint density at radius 3 is 2.37 bits per heavy atom. The number of carbonyl (C=O) groups is 2. The summed E-state index contributed by atoms with van der Waals surface area (Å²) in [6.07, 6.45) is 4.90. The number of rotatable bonds is 6. The van der Waals surface area contributed by atoms with Gasteiger partial charge in [-0.2, -0.15) is 0 Å². The smallest absolute Gasteiger partial charge is 0.444 e. The summed E-state index contributed by atoms with van der Waals surface area (Å²) in [5.41, 5.74) is -0.655. The summed E-state index contributed by atoms with van der Waals surface area (Å²) in [7, 11) is -0.491. The van der Waals surface area contributed by atoms with Crippen molar-refractivity contribution in [1.82, 2.24) is 20.6 Å². The molecule has 1 aromatic heterocycles. The minimum absolute atomic E-state index is 0.240. The molecule has 11 heteroatoms. The fourth-order valence-corrected chi connectivity index (χ4v) is 3.96. The van der Waals surface area contributed by atoms with Gasteiger partial charge in [-0.3, -0.25) is 4.79 Å². The van der Waals surface area contributed by atoms with Gasteiger partial charge in [0.2, 0.25) is 11.9 Å². The number of hydrogen-bond acceptors (Lipinski definition) is 8. The van der Waals surface area contributed by atoms with Crippen LogP contribution >= 0.6 is 0 Å². The summed E-state index contributed by atoms with van der Waals surface area (Å²) < 4.78 is 17.4. The minimum atomic E-state index is -0.685. The number of alkyl carbamates (subject to hydrolysis) is 1. The lowest BCUT2D eigenvalue weighted by Gasteiger charge is -2.33. The number of hydrogen-bond donors (Lipinski definition) is 2. The second-order valence-corrected chi connectivity index (χ2v) is 11.5. The fraction of sp³-hybridized carbons (Fsp3) is 0.750. The maximum Gasteiger partial charge on any atom is 0.498 e. The first-order valence-corrected chi connectivity index (χ1v) is 12.4. The molecule has 194 valence electrons. The van der Waals surface area contributed by atoms with Gasteiger partial charge in [0.25, 0.3) is 0 Å². The van der Waals surface area contributed by atoms with Crippen molar-refractivity contribution in [1.29, 1.82) is 0 Å². The van der Waals surface area contributed by atoms with Gasteiger partial charge in [0.05, 0.1) is 11.2 Å². The van der Waals surface area contributed by atoms with Gasteiger partial charge in [-0.15, -0.1) is 0 Å². The molecule has 0 aliphatic carbocycles.